The summed E-state index contributed by atoms with van der Waals surface area (Å²) in [5, 5.41) is 13.5. The van der Waals surface area contributed by atoms with E-state index in [1.165, 1.54) is 0 Å². The third kappa shape index (κ3) is 2.21. The molecule has 0 saturated heterocycles. The topological polar surface area (TPSA) is 49.3 Å². The first-order valence-electron chi connectivity index (χ1n) is 6.72. The summed E-state index contributed by atoms with van der Waals surface area (Å²) in [6.07, 6.45) is -0.327. The van der Waals surface area contributed by atoms with Crippen molar-refractivity contribution in [3.63, 3.8) is 0 Å². The number of fused-ring (bicyclic) bond motifs is 1. The second-order valence-corrected chi connectivity index (χ2v) is 5.43. The van der Waals surface area contributed by atoms with Crippen molar-refractivity contribution in [2.45, 2.75) is 26.4 Å². The van der Waals surface area contributed by atoms with E-state index in [-0.39, 0.29) is 5.91 Å². The summed E-state index contributed by atoms with van der Waals surface area (Å²) >= 11 is 0. The predicted molar refractivity (Wildman–Crippen MR) is 78.8 cm³/mol. The summed E-state index contributed by atoms with van der Waals surface area (Å²) in [6.45, 7) is 3.98. The molecule has 102 valence electrons. The van der Waals surface area contributed by atoms with Gasteiger partial charge in [-0.1, -0.05) is 47.5 Å². The number of aliphatic hydroxyl groups is 1. The first-order valence-corrected chi connectivity index (χ1v) is 6.72. The van der Waals surface area contributed by atoms with Crippen LogP contribution < -0.4 is 5.32 Å². The molecule has 0 fully saturated rings. The van der Waals surface area contributed by atoms with E-state index in [9.17, 15) is 9.90 Å². The molecule has 3 heteroatoms. The van der Waals surface area contributed by atoms with Crippen molar-refractivity contribution in [3.05, 3.63) is 64.2 Å². The molecular weight excluding hydrogens is 250 g/mol. The van der Waals surface area contributed by atoms with Crippen LogP contribution >= 0.6 is 0 Å². The molecular formula is C17H17NO2. The summed E-state index contributed by atoms with van der Waals surface area (Å²) in [5.74, 6) is -0.0108. The first-order chi connectivity index (χ1) is 9.54. The van der Waals surface area contributed by atoms with Gasteiger partial charge in [-0.25, -0.2) is 0 Å². The van der Waals surface area contributed by atoms with E-state index in [1.807, 2.05) is 50.2 Å². The van der Waals surface area contributed by atoms with Crippen molar-refractivity contribution < 1.29 is 9.90 Å². The van der Waals surface area contributed by atoms with Gasteiger partial charge in [0.15, 0.2) is 0 Å². The summed E-state index contributed by atoms with van der Waals surface area (Å²) in [4.78, 5) is 11.6. The average Bonchev–Trinajstić information content (AvgIpc) is 2.77. The van der Waals surface area contributed by atoms with Crippen molar-refractivity contribution >= 4 is 11.6 Å². The lowest BCUT2D eigenvalue weighted by Gasteiger charge is -2.17. The zero-order chi connectivity index (χ0) is 14.3. The molecule has 20 heavy (non-hydrogen) atoms. The summed E-state index contributed by atoms with van der Waals surface area (Å²) in [5.41, 5.74) is 5.53. The normalized spacial score (nSPS) is 14.8. The maximum absolute atomic E-state index is 11.6. The Labute approximate surface area is 118 Å². The van der Waals surface area contributed by atoms with Crippen molar-refractivity contribution in [2.24, 2.45) is 0 Å². The predicted octanol–water partition coefficient (Wildman–Crippen LogP) is 2.88. The Morgan fingerprint density at radius 3 is 2.70 bits per heavy atom. The van der Waals surface area contributed by atoms with Gasteiger partial charge in [-0.15, -0.1) is 0 Å². The van der Waals surface area contributed by atoms with Crippen LogP contribution in [0.3, 0.4) is 0 Å². The minimum Gasteiger partial charge on any atom is -0.384 e. The number of aliphatic hydroxyl groups excluding tert-OH is 1. The monoisotopic (exact) mass is 267 g/mol. The number of aryl methyl sites for hydroxylation is 2. The molecule has 2 aromatic carbocycles. The van der Waals surface area contributed by atoms with E-state index in [2.05, 4.69) is 5.32 Å². The highest BCUT2D eigenvalue weighted by Gasteiger charge is 2.25. The van der Waals surface area contributed by atoms with Gasteiger partial charge in [0.2, 0.25) is 5.91 Å². The van der Waals surface area contributed by atoms with Crippen molar-refractivity contribution in [3.8, 4) is 0 Å². The van der Waals surface area contributed by atoms with Gasteiger partial charge < -0.3 is 10.4 Å². The van der Waals surface area contributed by atoms with Gasteiger partial charge in [-0.3, -0.25) is 4.79 Å². The van der Waals surface area contributed by atoms with Crippen LogP contribution in [0, 0.1) is 13.8 Å². The number of benzene rings is 2. The molecule has 0 bridgehead atoms. The van der Waals surface area contributed by atoms with Crippen molar-refractivity contribution in [2.75, 3.05) is 5.32 Å². The molecule has 3 nitrogen and oxygen atoms in total. The van der Waals surface area contributed by atoms with E-state index in [1.54, 1.807) is 0 Å². The number of rotatable bonds is 2. The molecule has 0 aromatic heterocycles. The number of carbonyl (C=O) groups is 1. The van der Waals surface area contributed by atoms with E-state index in [4.69, 9.17) is 0 Å². The van der Waals surface area contributed by atoms with Crippen molar-refractivity contribution in [1.29, 1.82) is 0 Å². The van der Waals surface area contributed by atoms with Crippen LogP contribution in [0.15, 0.2) is 36.4 Å². The highest BCUT2D eigenvalue weighted by molar-refractivity contribution is 6.00. The lowest BCUT2D eigenvalue weighted by molar-refractivity contribution is -0.115. The van der Waals surface area contributed by atoms with Gasteiger partial charge in [-0.05, 0) is 25.0 Å². The molecule has 1 heterocycles. The Morgan fingerprint density at radius 1 is 1.15 bits per heavy atom. The SMILES string of the molecule is Cc1cccc(C(O)c2cc(C)cc3c2NC(=O)C3)c1. The Bertz CT molecular complexity index is 691. The molecule has 0 radical (unpaired) electrons. The van der Waals surface area contributed by atoms with Crippen LogP contribution in [0.4, 0.5) is 5.69 Å². The third-order valence-corrected chi connectivity index (χ3v) is 3.66. The van der Waals surface area contributed by atoms with Gasteiger partial charge in [-0.2, -0.15) is 0 Å². The Balaban J connectivity index is 2.09. The number of anilines is 1. The van der Waals surface area contributed by atoms with E-state index >= 15 is 0 Å². The number of hydrogen-bond acceptors (Lipinski definition) is 2. The smallest absolute Gasteiger partial charge is 0.228 e. The van der Waals surface area contributed by atoms with E-state index in [0.29, 0.717) is 6.42 Å². The lowest BCUT2D eigenvalue weighted by atomic mass is 9.95. The van der Waals surface area contributed by atoms with Gasteiger partial charge in [0.05, 0.1) is 12.1 Å². The fourth-order valence-electron chi connectivity index (χ4n) is 2.78. The number of nitrogens with one attached hydrogen (secondary N) is 1. The summed E-state index contributed by atoms with van der Waals surface area (Å²) < 4.78 is 0. The van der Waals surface area contributed by atoms with Gasteiger partial charge in [0, 0.05) is 5.56 Å². The minimum absolute atomic E-state index is 0.0108. The molecule has 1 aliphatic heterocycles. The number of amides is 1. The Morgan fingerprint density at radius 2 is 1.95 bits per heavy atom. The zero-order valence-electron chi connectivity index (χ0n) is 11.6. The van der Waals surface area contributed by atoms with Crippen LogP contribution in [0.2, 0.25) is 0 Å². The van der Waals surface area contributed by atoms with Crippen LogP contribution in [-0.4, -0.2) is 11.0 Å². The van der Waals surface area contributed by atoms with Crippen molar-refractivity contribution in [1.82, 2.24) is 0 Å². The van der Waals surface area contributed by atoms with Crippen LogP contribution in [0.5, 0.6) is 0 Å². The maximum Gasteiger partial charge on any atom is 0.228 e. The van der Waals surface area contributed by atoms with Gasteiger partial charge in [0.25, 0.3) is 0 Å². The molecule has 3 rings (SSSR count). The number of hydrogen-bond donors (Lipinski definition) is 2. The first kappa shape index (κ1) is 12.9. The largest absolute Gasteiger partial charge is 0.384 e. The maximum atomic E-state index is 11.6. The second-order valence-electron chi connectivity index (χ2n) is 5.43. The summed E-state index contributed by atoms with van der Waals surface area (Å²) in [7, 11) is 0. The fraction of sp³-hybridized carbons (Fsp3) is 0.235. The molecule has 0 spiro atoms. The van der Waals surface area contributed by atoms with Crippen LogP contribution in [0.1, 0.15) is 33.9 Å². The molecule has 0 aliphatic carbocycles. The van der Waals surface area contributed by atoms with Gasteiger partial charge in [0.1, 0.15) is 6.10 Å². The minimum atomic E-state index is -0.720. The third-order valence-electron chi connectivity index (χ3n) is 3.66. The van der Waals surface area contributed by atoms with Gasteiger partial charge >= 0.3 is 0 Å². The van der Waals surface area contributed by atoms with Crippen LogP contribution in [-0.2, 0) is 11.2 Å². The molecule has 1 unspecified atom stereocenters. The molecule has 2 N–H and O–H groups in total. The number of carbonyl (C=O) groups excluding carboxylic acids is 1. The zero-order valence-corrected chi connectivity index (χ0v) is 11.6. The average molecular weight is 267 g/mol. The highest BCUT2D eigenvalue weighted by atomic mass is 16.3. The molecule has 0 saturated carbocycles. The standard InChI is InChI=1S/C17H17NO2/c1-10-4-3-5-12(6-10)17(20)14-8-11(2)7-13-9-15(19)18-16(13)14/h3-8,17,20H,9H2,1-2H3,(H,18,19). The molecule has 1 aliphatic rings. The van der Waals surface area contributed by atoms with E-state index in [0.717, 1.165) is 33.5 Å². The molecule has 1 amide bonds. The fourth-order valence-corrected chi connectivity index (χ4v) is 2.78. The molecule has 1 atom stereocenters. The molecule has 2 aromatic rings. The Kier molecular flexibility index (Phi) is 3.07. The Hall–Kier alpha value is -2.13. The summed E-state index contributed by atoms with van der Waals surface area (Å²) in [6, 6.07) is 11.7. The van der Waals surface area contributed by atoms with Crippen LogP contribution in [0.25, 0.3) is 0 Å². The second kappa shape index (κ2) is 4.76. The quantitative estimate of drug-likeness (QED) is 0.879. The lowest BCUT2D eigenvalue weighted by Crippen LogP contribution is -2.08. The highest BCUT2D eigenvalue weighted by Crippen LogP contribution is 2.35. The van der Waals surface area contributed by atoms with E-state index < -0.39 is 6.10 Å².